The molecule has 34 heavy (non-hydrogen) atoms. The fourth-order valence-electron chi connectivity index (χ4n) is 3.85. The molecular formula is C23H24Cl2F3N5O. The van der Waals surface area contributed by atoms with Gasteiger partial charge in [-0.25, -0.2) is 4.98 Å². The maximum absolute atomic E-state index is 13.3. The molecule has 4 rings (SSSR count). The molecule has 2 heterocycles. The van der Waals surface area contributed by atoms with Gasteiger partial charge in [-0.15, -0.1) is 24.8 Å². The summed E-state index contributed by atoms with van der Waals surface area (Å²) in [6.07, 6.45) is -4.63. The molecule has 0 aliphatic rings. The predicted octanol–water partition coefficient (Wildman–Crippen LogP) is 5.43. The summed E-state index contributed by atoms with van der Waals surface area (Å²) in [7, 11) is 0. The van der Waals surface area contributed by atoms with E-state index < -0.39 is 12.0 Å². The highest BCUT2D eigenvalue weighted by Crippen LogP contribution is 2.34. The predicted molar refractivity (Wildman–Crippen MR) is 131 cm³/mol. The molecule has 2 aromatic carbocycles. The van der Waals surface area contributed by atoms with E-state index in [0.29, 0.717) is 28.6 Å². The summed E-state index contributed by atoms with van der Waals surface area (Å²) in [5.74, 6) is -1.06. The number of halogens is 5. The van der Waals surface area contributed by atoms with Crippen molar-refractivity contribution in [2.24, 2.45) is 11.7 Å². The molecular weight excluding hydrogens is 490 g/mol. The van der Waals surface area contributed by atoms with E-state index in [1.54, 1.807) is 22.8 Å². The lowest BCUT2D eigenvalue weighted by Crippen LogP contribution is -2.28. The zero-order valence-electron chi connectivity index (χ0n) is 18.4. The molecule has 182 valence electrons. The number of rotatable bonds is 5. The molecule has 0 saturated carbocycles. The molecule has 0 spiro atoms. The van der Waals surface area contributed by atoms with E-state index in [9.17, 15) is 18.0 Å². The summed E-state index contributed by atoms with van der Waals surface area (Å²) < 4.78 is 40.6. The first-order chi connectivity index (χ1) is 15.2. The van der Waals surface area contributed by atoms with E-state index >= 15 is 0 Å². The number of aromatic amines is 1. The Morgan fingerprint density at radius 1 is 1.03 bits per heavy atom. The van der Waals surface area contributed by atoms with Gasteiger partial charge in [0.05, 0.1) is 0 Å². The van der Waals surface area contributed by atoms with Crippen LogP contribution in [0.15, 0.2) is 53.3 Å². The Balaban J connectivity index is 0.00000204. The molecule has 0 fully saturated rings. The molecule has 2 aromatic heterocycles. The molecule has 3 N–H and O–H groups in total. The summed E-state index contributed by atoms with van der Waals surface area (Å²) in [5, 5.41) is 6.70. The zero-order valence-corrected chi connectivity index (χ0v) is 20.0. The van der Waals surface area contributed by atoms with Crippen LogP contribution in [0, 0.1) is 5.92 Å². The molecule has 0 atom stereocenters. The number of hydrogen-bond donors (Lipinski definition) is 2. The van der Waals surface area contributed by atoms with Crippen molar-refractivity contribution in [2.45, 2.75) is 33.1 Å². The van der Waals surface area contributed by atoms with E-state index in [-0.39, 0.29) is 48.7 Å². The number of fused-ring (bicyclic) bond motifs is 1. The highest BCUT2D eigenvalue weighted by molar-refractivity contribution is 5.99. The van der Waals surface area contributed by atoms with Crippen LogP contribution in [-0.4, -0.2) is 19.7 Å². The lowest BCUT2D eigenvalue weighted by molar-refractivity contribution is -0.144. The molecule has 0 bridgehead atoms. The van der Waals surface area contributed by atoms with Crippen molar-refractivity contribution in [1.29, 1.82) is 0 Å². The fourth-order valence-corrected chi connectivity index (χ4v) is 3.85. The summed E-state index contributed by atoms with van der Waals surface area (Å²) >= 11 is 0. The second kappa shape index (κ2) is 10.6. The van der Waals surface area contributed by atoms with E-state index in [1.807, 2.05) is 49.3 Å². The minimum Gasteiger partial charge on any atom is -0.325 e. The van der Waals surface area contributed by atoms with Gasteiger partial charge in [-0.1, -0.05) is 50.2 Å². The summed E-state index contributed by atoms with van der Waals surface area (Å²) in [6, 6.07) is 14.3. The van der Waals surface area contributed by atoms with Gasteiger partial charge in [0.25, 0.3) is 5.56 Å². The number of nitrogens with zero attached hydrogens (tertiary/aromatic N) is 3. The normalized spacial score (nSPS) is 11.4. The third kappa shape index (κ3) is 5.11. The SMILES string of the molecule is CC(C)Cn1c(CN)c(-c2ccccc2)c2cc(-c3n[nH]c(C(F)(F)F)n3)ccc2c1=O.Cl.Cl. The zero-order chi connectivity index (χ0) is 23.0. The van der Waals surface area contributed by atoms with Crippen LogP contribution in [0.5, 0.6) is 0 Å². The van der Waals surface area contributed by atoms with E-state index in [4.69, 9.17) is 5.73 Å². The number of alkyl halides is 3. The van der Waals surface area contributed by atoms with Crippen molar-refractivity contribution in [1.82, 2.24) is 19.7 Å². The first kappa shape index (κ1) is 27.4. The lowest BCUT2D eigenvalue weighted by Gasteiger charge is -2.21. The second-order valence-electron chi connectivity index (χ2n) is 7.97. The lowest BCUT2D eigenvalue weighted by atomic mass is 9.95. The Hall–Kier alpha value is -2.88. The van der Waals surface area contributed by atoms with Gasteiger partial charge < -0.3 is 10.3 Å². The number of nitrogens with two attached hydrogens (primary N) is 1. The van der Waals surface area contributed by atoms with E-state index in [2.05, 4.69) is 10.1 Å². The summed E-state index contributed by atoms with van der Waals surface area (Å²) in [4.78, 5) is 16.9. The van der Waals surface area contributed by atoms with Crippen molar-refractivity contribution in [3.8, 4) is 22.5 Å². The average molecular weight is 514 g/mol. The third-order valence-electron chi connectivity index (χ3n) is 5.19. The summed E-state index contributed by atoms with van der Waals surface area (Å²) in [6.45, 7) is 4.66. The van der Waals surface area contributed by atoms with Crippen LogP contribution in [0.1, 0.15) is 25.4 Å². The van der Waals surface area contributed by atoms with Gasteiger partial charge in [0.2, 0.25) is 5.82 Å². The van der Waals surface area contributed by atoms with E-state index in [0.717, 1.165) is 11.1 Å². The number of pyridine rings is 1. The molecule has 0 unspecified atom stereocenters. The van der Waals surface area contributed by atoms with Gasteiger partial charge in [-0.2, -0.15) is 18.3 Å². The monoisotopic (exact) mass is 513 g/mol. The van der Waals surface area contributed by atoms with Gasteiger partial charge in [0.15, 0.2) is 5.82 Å². The quantitative estimate of drug-likeness (QED) is 0.372. The van der Waals surface area contributed by atoms with Gasteiger partial charge in [0.1, 0.15) is 0 Å². The van der Waals surface area contributed by atoms with Crippen molar-refractivity contribution in [2.75, 3.05) is 0 Å². The maximum Gasteiger partial charge on any atom is 0.451 e. The van der Waals surface area contributed by atoms with Gasteiger partial charge >= 0.3 is 6.18 Å². The maximum atomic E-state index is 13.3. The van der Waals surface area contributed by atoms with Crippen molar-refractivity contribution in [3.63, 3.8) is 0 Å². The fraction of sp³-hybridized carbons (Fsp3) is 0.261. The smallest absolute Gasteiger partial charge is 0.325 e. The molecule has 0 aliphatic heterocycles. The average Bonchev–Trinajstić information content (AvgIpc) is 3.26. The molecule has 0 amide bonds. The minimum absolute atomic E-state index is 0. The first-order valence-corrected chi connectivity index (χ1v) is 10.2. The molecule has 4 aromatic rings. The van der Waals surface area contributed by atoms with E-state index in [1.165, 1.54) is 0 Å². The van der Waals surface area contributed by atoms with Crippen molar-refractivity contribution >= 4 is 35.6 Å². The number of nitrogens with one attached hydrogen (secondary N) is 1. The highest BCUT2D eigenvalue weighted by Gasteiger charge is 2.35. The molecule has 0 radical (unpaired) electrons. The molecule has 11 heteroatoms. The van der Waals surface area contributed by atoms with Crippen LogP contribution < -0.4 is 11.3 Å². The van der Waals surface area contributed by atoms with Crippen molar-refractivity contribution in [3.05, 3.63) is 70.4 Å². The van der Waals surface area contributed by atoms with Crippen LogP contribution in [-0.2, 0) is 19.3 Å². The highest BCUT2D eigenvalue weighted by atomic mass is 35.5. The molecule has 6 nitrogen and oxygen atoms in total. The van der Waals surface area contributed by atoms with Gasteiger partial charge in [0, 0.05) is 35.3 Å². The number of benzene rings is 2. The largest absolute Gasteiger partial charge is 0.451 e. The summed E-state index contributed by atoms with van der Waals surface area (Å²) in [5.41, 5.74) is 8.59. The van der Waals surface area contributed by atoms with Gasteiger partial charge in [-0.3, -0.25) is 9.89 Å². The van der Waals surface area contributed by atoms with Gasteiger partial charge in [-0.05, 0) is 29.0 Å². The Morgan fingerprint density at radius 3 is 2.26 bits per heavy atom. The number of hydrogen-bond acceptors (Lipinski definition) is 4. The molecule has 0 aliphatic carbocycles. The molecule has 0 saturated heterocycles. The number of H-pyrrole nitrogens is 1. The van der Waals surface area contributed by atoms with Crippen LogP contribution in [0.2, 0.25) is 0 Å². The topological polar surface area (TPSA) is 89.6 Å². The Labute approximate surface area is 206 Å². The van der Waals surface area contributed by atoms with Crippen LogP contribution in [0.3, 0.4) is 0 Å². The first-order valence-electron chi connectivity index (χ1n) is 10.2. The van der Waals surface area contributed by atoms with Crippen LogP contribution in [0.4, 0.5) is 13.2 Å². The minimum atomic E-state index is -4.63. The Bertz CT molecular complexity index is 1330. The van der Waals surface area contributed by atoms with Crippen LogP contribution >= 0.6 is 24.8 Å². The standard InChI is InChI=1S/C23H22F3N5O.2ClH/c1-13(2)12-31-18(11-27)19(14-6-4-3-5-7-14)17-10-15(8-9-16(17)21(31)32)20-28-22(30-29-20)23(24,25)26;;/h3-10,13H,11-12,27H2,1-2H3,(H,28,29,30);2*1H. The second-order valence-corrected chi connectivity index (χ2v) is 7.97. The van der Waals surface area contributed by atoms with Crippen LogP contribution in [0.25, 0.3) is 33.3 Å². The number of aromatic nitrogens is 4. The Kier molecular flexibility index (Phi) is 8.52. The Morgan fingerprint density at radius 2 is 1.71 bits per heavy atom. The van der Waals surface area contributed by atoms with Crippen molar-refractivity contribution < 1.29 is 13.2 Å². The third-order valence-corrected chi connectivity index (χ3v) is 5.19.